The van der Waals surface area contributed by atoms with Crippen molar-refractivity contribution in [1.29, 1.82) is 0 Å². The zero-order valence-corrected chi connectivity index (χ0v) is 14.1. The molecule has 1 aliphatic carbocycles. The highest BCUT2D eigenvalue weighted by Crippen LogP contribution is 2.38. The van der Waals surface area contributed by atoms with Crippen molar-refractivity contribution in [3.63, 3.8) is 0 Å². The van der Waals surface area contributed by atoms with Crippen LogP contribution >= 0.6 is 11.3 Å². The van der Waals surface area contributed by atoms with Crippen LogP contribution in [0.3, 0.4) is 0 Å². The zero-order chi connectivity index (χ0) is 16.5. The van der Waals surface area contributed by atoms with Crippen LogP contribution in [-0.4, -0.2) is 24.1 Å². The molecule has 0 unspecified atom stereocenters. The molecule has 0 radical (unpaired) electrons. The molecule has 2 aliphatic rings. The van der Waals surface area contributed by atoms with Gasteiger partial charge in [-0.05, 0) is 49.9 Å². The highest BCUT2D eigenvalue weighted by molar-refractivity contribution is 7.15. The number of aromatic nitrogens is 1. The summed E-state index contributed by atoms with van der Waals surface area (Å²) in [6.07, 6.45) is 3.70. The lowest BCUT2D eigenvalue weighted by molar-refractivity contribution is -0.125. The van der Waals surface area contributed by atoms with Crippen LogP contribution in [0.5, 0.6) is 0 Å². The summed E-state index contributed by atoms with van der Waals surface area (Å²) in [5.74, 6) is -0.189. The van der Waals surface area contributed by atoms with Gasteiger partial charge in [0.1, 0.15) is 10.8 Å². The quantitative estimate of drug-likeness (QED) is 0.926. The Morgan fingerprint density at radius 2 is 2.12 bits per heavy atom. The maximum atomic E-state index is 13.1. The van der Waals surface area contributed by atoms with E-state index in [9.17, 15) is 9.18 Å². The molecule has 1 amide bonds. The van der Waals surface area contributed by atoms with Crippen LogP contribution in [0.15, 0.2) is 24.3 Å². The van der Waals surface area contributed by atoms with E-state index in [4.69, 9.17) is 9.72 Å². The number of halogens is 1. The van der Waals surface area contributed by atoms with Gasteiger partial charge in [0, 0.05) is 12.2 Å². The van der Waals surface area contributed by atoms with E-state index in [2.05, 4.69) is 5.32 Å². The average molecular weight is 346 g/mol. The van der Waals surface area contributed by atoms with Gasteiger partial charge in [-0.1, -0.05) is 0 Å². The maximum absolute atomic E-state index is 13.1. The SMILES string of the molecule is O=C(N[C@@H]1CCCc2nc(-c3ccc(F)cc3)sc21)[C@@H]1CCOC1. The highest BCUT2D eigenvalue weighted by Gasteiger charge is 2.30. The molecule has 126 valence electrons. The number of benzene rings is 1. The van der Waals surface area contributed by atoms with Gasteiger partial charge in [-0.2, -0.15) is 0 Å². The number of hydrogen-bond donors (Lipinski definition) is 1. The Bertz CT molecular complexity index is 738. The Balaban J connectivity index is 1.56. The maximum Gasteiger partial charge on any atom is 0.226 e. The molecule has 4 nitrogen and oxygen atoms in total. The van der Waals surface area contributed by atoms with Gasteiger partial charge in [-0.25, -0.2) is 9.37 Å². The zero-order valence-electron chi connectivity index (χ0n) is 13.3. The summed E-state index contributed by atoms with van der Waals surface area (Å²) in [5.41, 5.74) is 1.99. The smallest absolute Gasteiger partial charge is 0.226 e. The summed E-state index contributed by atoms with van der Waals surface area (Å²) >= 11 is 1.61. The summed E-state index contributed by atoms with van der Waals surface area (Å²) < 4.78 is 18.4. The van der Waals surface area contributed by atoms with Crippen LogP contribution in [0.1, 0.15) is 35.9 Å². The predicted octanol–water partition coefficient (Wildman–Crippen LogP) is 3.48. The highest BCUT2D eigenvalue weighted by atomic mass is 32.1. The van der Waals surface area contributed by atoms with Gasteiger partial charge in [0.15, 0.2) is 0 Å². The Labute approximate surface area is 144 Å². The molecule has 2 atom stereocenters. The van der Waals surface area contributed by atoms with Crippen molar-refractivity contribution >= 4 is 17.2 Å². The fourth-order valence-electron chi connectivity index (χ4n) is 3.30. The van der Waals surface area contributed by atoms with Crippen LogP contribution in [0.4, 0.5) is 4.39 Å². The van der Waals surface area contributed by atoms with E-state index >= 15 is 0 Å². The second-order valence-electron chi connectivity index (χ2n) is 6.35. The van der Waals surface area contributed by atoms with Crippen molar-refractivity contribution in [3.05, 3.63) is 40.7 Å². The number of nitrogens with zero attached hydrogens (tertiary/aromatic N) is 1. The van der Waals surface area contributed by atoms with E-state index in [1.54, 1.807) is 23.5 Å². The second kappa shape index (κ2) is 6.61. The molecule has 4 rings (SSSR count). The molecule has 2 heterocycles. The largest absolute Gasteiger partial charge is 0.381 e. The first-order chi connectivity index (χ1) is 11.7. The number of aryl methyl sites for hydroxylation is 1. The topological polar surface area (TPSA) is 51.2 Å². The van der Waals surface area contributed by atoms with Crippen LogP contribution < -0.4 is 5.32 Å². The van der Waals surface area contributed by atoms with E-state index in [0.717, 1.165) is 46.8 Å². The second-order valence-corrected chi connectivity index (χ2v) is 7.38. The van der Waals surface area contributed by atoms with Gasteiger partial charge in [0.2, 0.25) is 5.91 Å². The first-order valence-electron chi connectivity index (χ1n) is 8.34. The lowest BCUT2D eigenvalue weighted by atomic mass is 9.97. The summed E-state index contributed by atoms with van der Waals surface area (Å²) in [5, 5.41) is 4.08. The Kier molecular flexibility index (Phi) is 4.33. The number of carbonyl (C=O) groups excluding carboxylic acids is 1. The van der Waals surface area contributed by atoms with Crippen molar-refractivity contribution in [3.8, 4) is 10.6 Å². The number of carbonyl (C=O) groups is 1. The predicted molar refractivity (Wildman–Crippen MR) is 90.3 cm³/mol. The van der Waals surface area contributed by atoms with Gasteiger partial charge < -0.3 is 10.1 Å². The molecular formula is C18H19FN2O2S. The minimum absolute atomic E-state index is 0.0279. The molecular weight excluding hydrogens is 327 g/mol. The third kappa shape index (κ3) is 3.08. The van der Waals surface area contributed by atoms with Crippen LogP contribution in [0.2, 0.25) is 0 Å². The molecule has 1 aromatic heterocycles. The summed E-state index contributed by atoms with van der Waals surface area (Å²) in [7, 11) is 0. The van der Waals surface area contributed by atoms with Crippen molar-refractivity contribution < 1.29 is 13.9 Å². The molecule has 0 bridgehead atoms. The van der Waals surface area contributed by atoms with Crippen LogP contribution in [0.25, 0.3) is 10.6 Å². The van der Waals surface area contributed by atoms with Crippen molar-refractivity contribution in [2.45, 2.75) is 31.7 Å². The summed E-state index contributed by atoms with van der Waals surface area (Å²) in [6.45, 7) is 1.19. The average Bonchev–Trinajstić information content (AvgIpc) is 3.25. The van der Waals surface area contributed by atoms with Gasteiger partial charge in [0.05, 0.1) is 29.1 Å². The molecule has 24 heavy (non-hydrogen) atoms. The number of ether oxygens (including phenoxy) is 1. The van der Waals surface area contributed by atoms with Crippen molar-refractivity contribution in [2.75, 3.05) is 13.2 Å². The number of amides is 1. The lowest BCUT2D eigenvalue weighted by Gasteiger charge is -2.23. The first kappa shape index (κ1) is 15.7. The molecule has 2 aromatic rings. The molecule has 6 heteroatoms. The number of hydrogen-bond acceptors (Lipinski definition) is 4. The Hall–Kier alpha value is -1.79. The van der Waals surface area contributed by atoms with E-state index in [0.29, 0.717) is 13.2 Å². The van der Waals surface area contributed by atoms with Gasteiger partial charge in [0.25, 0.3) is 0 Å². The van der Waals surface area contributed by atoms with E-state index in [1.807, 2.05) is 0 Å². The molecule has 1 aliphatic heterocycles. The van der Waals surface area contributed by atoms with Gasteiger partial charge in [-0.15, -0.1) is 11.3 Å². The Morgan fingerprint density at radius 3 is 2.88 bits per heavy atom. The molecule has 0 saturated carbocycles. The fourth-order valence-corrected chi connectivity index (χ4v) is 4.51. The van der Waals surface area contributed by atoms with Gasteiger partial charge in [-0.3, -0.25) is 4.79 Å². The number of fused-ring (bicyclic) bond motifs is 1. The van der Waals surface area contributed by atoms with Crippen LogP contribution in [0, 0.1) is 11.7 Å². The molecule has 1 saturated heterocycles. The third-order valence-corrected chi connectivity index (χ3v) is 5.92. The van der Waals surface area contributed by atoms with E-state index in [1.165, 1.54) is 12.1 Å². The molecule has 1 N–H and O–H groups in total. The molecule has 1 aromatic carbocycles. The standard InChI is InChI=1S/C18H19FN2O2S/c19-13-6-4-11(5-7-13)18-21-15-3-1-2-14(16(15)24-18)20-17(22)12-8-9-23-10-12/h4-7,12,14H,1-3,8-10H2,(H,20,22)/t12-,14-/m1/s1. The van der Waals surface area contributed by atoms with Crippen molar-refractivity contribution in [2.24, 2.45) is 5.92 Å². The molecule has 1 fully saturated rings. The lowest BCUT2D eigenvalue weighted by Crippen LogP contribution is -2.35. The Morgan fingerprint density at radius 1 is 1.29 bits per heavy atom. The monoisotopic (exact) mass is 346 g/mol. The van der Waals surface area contributed by atoms with E-state index < -0.39 is 0 Å². The summed E-state index contributed by atoms with van der Waals surface area (Å²) in [4.78, 5) is 18.3. The number of thiazole rings is 1. The minimum Gasteiger partial charge on any atom is -0.381 e. The first-order valence-corrected chi connectivity index (χ1v) is 9.16. The van der Waals surface area contributed by atoms with Gasteiger partial charge >= 0.3 is 0 Å². The third-order valence-electron chi connectivity index (χ3n) is 4.66. The summed E-state index contributed by atoms with van der Waals surface area (Å²) in [6, 6.07) is 6.45. The molecule has 0 spiro atoms. The number of nitrogens with one attached hydrogen (secondary N) is 1. The van der Waals surface area contributed by atoms with Crippen molar-refractivity contribution in [1.82, 2.24) is 10.3 Å². The number of rotatable bonds is 3. The minimum atomic E-state index is -0.246. The fraction of sp³-hybridized carbons (Fsp3) is 0.444. The van der Waals surface area contributed by atoms with E-state index in [-0.39, 0.29) is 23.7 Å². The van der Waals surface area contributed by atoms with Crippen LogP contribution in [-0.2, 0) is 16.0 Å². The normalized spacial score (nSPS) is 23.0.